The zero-order chi connectivity index (χ0) is 39.1. The van der Waals surface area contributed by atoms with E-state index >= 15 is 0 Å². The van der Waals surface area contributed by atoms with Crippen LogP contribution in [0.25, 0.3) is 0 Å². The lowest BCUT2D eigenvalue weighted by Gasteiger charge is -2.46. The number of rotatable bonds is 14. The minimum absolute atomic E-state index is 0.0517. The van der Waals surface area contributed by atoms with Crippen LogP contribution < -0.4 is 0 Å². The normalized spacial score (nSPS) is 28.6. The summed E-state index contributed by atoms with van der Waals surface area (Å²) in [6.45, 7) is 14.9. The maximum Gasteiger partial charge on any atom is 0.339 e. The summed E-state index contributed by atoms with van der Waals surface area (Å²) in [7, 11) is 0. The zero-order valence-electron chi connectivity index (χ0n) is 32.5. The van der Waals surface area contributed by atoms with Crippen LogP contribution in [-0.2, 0) is 9.47 Å². The molecule has 2 fully saturated rings. The van der Waals surface area contributed by atoms with Crippen LogP contribution in [0.2, 0.25) is 0 Å². The Morgan fingerprint density at radius 1 is 0.759 bits per heavy atom. The van der Waals surface area contributed by atoms with Gasteiger partial charge in [0.15, 0.2) is 0 Å². The molecule has 3 heterocycles. The topological polar surface area (TPSA) is 158 Å². The van der Waals surface area contributed by atoms with Crippen LogP contribution in [0, 0.1) is 55.7 Å². The summed E-state index contributed by atoms with van der Waals surface area (Å²) in [6, 6.07) is 1.65. The van der Waals surface area contributed by atoms with Gasteiger partial charge in [0.2, 0.25) is 11.4 Å². The summed E-state index contributed by atoms with van der Waals surface area (Å²) in [5, 5.41) is 22.9. The molecule has 1 aromatic rings. The Balaban J connectivity index is 1.15. The van der Waals surface area contributed by atoms with Crippen LogP contribution >= 0.6 is 0 Å². The molecule has 13 heteroatoms. The van der Waals surface area contributed by atoms with Crippen molar-refractivity contribution in [2.24, 2.45) is 35.5 Å². The largest absolute Gasteiger partial charge is 0.460 e. The van der Waals surface area contributed by atoms with E-state index in [1.54, 1.807) is 24.3 Å². The third-order valence-corrected chi connectivity index (χ3v) is 12.4. The van der Waals surface area contributed by atoms with E-state index < -0.39 is 11.9 Å². The second-order valence-corrected chi connectivity index (χ2v) is 16.3. The van der Waals surface area contributed by atoms with Gasteiger partial charge in [0.25, 0.3) is 0 Å². The van der Waals surface area contributed by atoms with Crippen molar-refractivity contribution in [1.82, 2.24) is 14.8 Å². The first-order valence-electron chi connectivity index (χ1n) is 19.6. The van der Waals surface area contributed by atoms with E-state index in [0.717, 1.165) is 38.8 Å². The van der Waals surface area contributed by atoms with E-state index in [9.17, 15) is 29.8 Å². The summed E-state index contributed by atoms with van der Waals surface area (Å²) in [6.07, 6.45) is 18.4. The summed E-state index contributed by atoms with van der Waals surface area (Å²) in [5.74, 6) is 0.340. The van der Waals surface area contributed by atoms with Gasteiger partial charge in [-0.2, -0.15) is 0 Å². The molecule has 0 spiro atoms. The Morgan fingerprint density at radius 2 is 1.17 bits per heavy atom. The molecule has 294 valence electrons. The lowest BCUT2D eigenvalue weighted by Crippen LogP contribution is -2.52. The third-order valence-electron chi connectivity index (χ3n) is 12.4. The second kappa shape index (κ2) is 18.4. The first kappa shape index (κ1) is 40.9. The SMILES string of the molecule is CC1CCN(C(C)COC(=O)c2cncc(C(=O)OCC(C)N3CCC(C)CC3C(C)C3C=CC=C([N+](=O)[O-])C3)c2)C(C(C)C2C=CC=C([N+](=O)[O-])C2)C1. The van der Waals surface area contributed by atoms with Gasteiger partial charge in [-0.05, 0) is 94.2 Å². The maximum atomic E-state index is 13.2. The van der Waals surface area contributed by atoms with Gasteiger partial charge in [0.1, 0.15) is 13.2 Å². The lowest BCUT2D eigenvalue weighted by atomic mass is 9.76. The Morgan fingerprint density at radius 3 is 1.56 bits per heavy atom. The Hall–Kier alpha value is -4.23. The number of aromatic nitrogens is 1. The van der Waals surface area contributed by atoms with Crippen LogP contribution in [0.1, 0.15) is 101 Å². The van der Waals surface area contributed by atoms with Crippen molar-refractivity contribution in [3.63, 3.8) is 0 Å². The molecule has 5 rings (SSSR count). The number of carbonyl (C=O) groups is 2. The first-order valence-corrected chi connectivity index (χ1v) is 19.6. The first-order chi connectivity index (χ1) is 25.7. The molecule has 0 aromatic carbocycles. The number of ether oxygens (including phenoxy) is 2. The quantitative estimate of drug-likeness (QED) is 0.108. The van der Waals surface area contributed by atoms with Gasteiger partial charge in [0.05, 0.1) is 21.0 Å². The summed E-state index contributed by atoms with van der Waals surface area (Å²) >= 11 is 0. The molecule has 4 aliphatic rings. The molecule has 2 saturated heterocycles. The maximum absolute atomic E-state index is 13.2. The fourth-order valence-corrected chi connectivity index (χ4v) is 8.88. The average molecular weight is 748 g/mol. The van der Waals surface area contributed by atoms with Gasteiger partial charge >= 0.3 is 11.9 Å². The Kier molecular flexibility index (Phi) is 14.0. The van der Waals surface area contributed by atoms with Crippen LogP contribution in [-0.4, -0.2) is 87.0 Å². The average Bonchev–Trinajstić information content (AvgIpc) is 3.18. The molecule has 0 bridgehead atoms. The van der Waals surface area contributed by atoms with E-state index in [1.165, 1.54) is 18.5 Å². The number of hydrogen-bond acceptors (Lipinski definition) is 11. The Bertz CT molecular complexity index is 1540. The lowest BCUT2D eigenvalue weighted by molar-refractivity contribution is -0.429. The van der Waals surface area contributed by atoms with Crippen molar-refractivity contribution < 1.29 is 28.9 Å². The van der Waals surface area contributed by atoms with Crippen molar-refractivity contribution in [3.05, 3.63) is 97.7 Å². The molecule has 2 aliphatic carbocycles. The molecular formula is C41H57N5O8. The van der Waals surface area contributed by atoms with E-state index in [4.69, 9.17) is 9.47 Å². The monoisotopic (exact) mass is 747 g/mol. The smallest absolute Gasteiger partial charge is 0.339 e. The van der Waals surface area contributed by atoms with Crippen molar-refractivity contribution in [2.75, 3.05) is 26.3 Å². The van der Waals surface area contributed by atoms with Crippen molar-refractivity contribution in [1.29, 1.82) is 0 Å². The van der Waals surface area contributed by atoms with E-state index in [1.807, 2.05) is 13.8 Å². The van der Waals surface area contributed by atoms with Crippen molar-refractivity contribution >= 4 is 11.9 Å². The van der Waals surface area contributed by atoms with E-state index in [-0.39, 0.29) is 93.4 Å². The van der Waals surface area contributed by atoms with Crippen LogP contribution in [0.5, 0.6) is 0 Å². The molecule has 0 radical (unpaired) electrons. The third kappa shape index (κ3) is 10.1. The van der Waals surface area contributed by atoms with Crippen LogP contribution in [0.15, 0.2) is 66.3 Å². The van der Waals surface area contributed by atoms with Gasteiger partial charge in [0, 0.05) is 61.6 Å². The Labute approximate surface area is 318 Å². The highest BCUT2D eigenvalue weighted by Crippen LogP contribution is 2.38. The number of likely N-dealkylation sites (tertiary alicyclic amines) is 2. The molecule has 10 atom stereocenters. The number of pyridine rings is 1. The highest BCUT2D eigenvalue weighted by atomic mass is 16.6. The number of hydrogen-bond donors (Lipinski definition) is 0. The molecule has 1 aromatic heterocycles. The molecule has 10 unspecified atom stereocenters. The number of piperidine rings is 2. The highest BCUT2D eigenvalue weighted by molar-refractivity contribution is 5.94. The summed E-state index contributed by atoms with van der Waals surface area (Å²) < 4.78 is 11.6. The number of allylic oxidation sites excluding steroid dienone is 8. The molecule has 2 aliphatic heterocycles. The highest BCUT2D eigenvalue weighted by Gasteiger charge is 2.39. The van der Waals surface area contributed by atoms with Gasteiger partial charge in [-0.3, -0.25) is 35.0 Å². The number of nitro groups is 2. The second-order valence-electron chi connectivity index (χ2n) is 16.3. The fraction of sp³-hybridized carbons (Fsp3) is 0.634. The van der Waals surface area contributed by atoms with Crippen LogP contribution in [0.3, 0.4) is 0 Å². The number of esters is 2. The predicted molar refractivity (Wildman–Crippen MR) is 204 cm³/mol. The summed E-state index contributed by atoms with van der Waals surface area (Å²) in [4.78, 5) is 57.7. The van der Waals surface area contributed by atoms with Crippen molar-refractivity contribution in [2.45, 2.75) is 104 Å². The molecular weight excluding hydrogens is 690 g/mol. The van der Waals surface area contributed by atoms with Gasteiger partial charge in [-0.25, -0.2) is 9.59 Å². The van der Waals surface area contributed by atoms with Gasteiger partial charge in [-0.15, -0.1) is 0 Å². The number of carbonyl (C=O) groups excluding carboxylic acids is 2. The standard InChI is InChI=1S/C41H57N5O8/c1-26-13-15-43(38(17-26)30(5)32-9-7-11-36(20-32)45(49)50)28(3)24-53-40(47)34-19-35(23-42-22-34)41(48)54-25-29(4)44-16-14-27(2)18-39(44)31(6)33-10-8-12-37(21-33)46(51)52/h7-12,19,22-23,26-33,38-39H,13-18,20-21,24-25H2,1-6H3. The van der Waals surface area contributed by atoms with Crippen LogP contribution in [0.4, 0.5) is 0 Å². The van der Waals surface area contributed by atoms with Gasteiger partial charge in [-0.1, -0.05) is 52.0 Å². The minimum Gasteiger partial charge on any atom is -0.460 e. The molecule has 0 saturated carbocycles. The minimum atomic E-state index is -0.575. The molecule has 0 N–H and O–H groups in total. The number of nitrogens with zero attached hydrogens (tertiary/aromatic N) is 5. The van der Waals surface area contributed by atoms with E-state index in [0.29, 0.717) is 24.7 Å². The molecule has 0 amide bonds. The summed E-state index contributed by atoms with van der Waals surface area (Å²) in [5.41, 5.74) is 0.795. The molecule has 13 nitrogen and oxygen atoms in total. The van der Waals surface area contributed by atoms with Gasteiger partial charge < -0.3 is 9.47 Å². The van der Waals surface area contributed by atoms with E-state index in [2.05, 4.69) is 54.6 Å². The predicted octanol–water partition coefficient (Wildman–Crippen LogP) is 7.12. The zero-order valence-corrected chi connectivity index (χ0v) is 32.5. The molecule has 54 heavy (non-hydrogen) atoms. The van der Waals surface area contributed by atoms with Crippen molar-refractivity contribution in [3.8, 4) is 0 Å². The fourth-order valence-electron chi connectivity index (χ4n) is 8.88.